The Morgan fingerprint density at radius 2 is 1.94 bits per heavy atom. The number of carboxylic acids is 1. The topological polar surface area (TPSA) is 37.3 Å². The third-order valence-corrected chi connectivity index (χ3v) is 4.28. The predicted molar refractivity (Wildman–Crippen MR) is 68.6 cm³/mol. The van der Waals surface area contributed by atoms with Crippen LogP contribution in [0.25, 0.3) is 0 Å². The van der Waals surface area contributed by atoms with Crippen LogP contribution in [-0.2, 0) is 11.2 Å². The Bertz CT molecular complexity index is 434. The van der Waals surface area contributed by atoms with Gasteiger partial charge in [-0.25, -0.2) is 0 Å². The molecule has 1 aromatic rings. The molecule has 4 heteroatoms. The lowest BCUT2D eigenvalue weighted by Crippen LogP contribution is -2.32. The summed E-state index contributed by atoms with van der Waals surface area (Å²) < 4.78 is 0. The van der Waals surface area contributed by atoms with Crippen molar-refractivity contribution in [2.45, 2.75) is 26.2 Å². The highest BCUT2D eigenvalue weighted by atomic mass is 35.5. The summed E-state index contributed by atoms with van der Waals surface area (Å²) in [6.45, 7) is 1.78. The molecule has 1 fully saturated rings. The lowest BCUT2D eigenvalue weighted by atomic mass is 9.79. The van der Waals surface area contributed by atoms with Gasteiger partial charge in [0.2, 0.25) is 0 Å². The van der Waals surface area contributed by atoms with E-state index in [1.54, 1.807) is 25.1 Å². The monoisotopic (exact) mass is 272 g/mol. The average Bonchev–Trinajstić information content (AvgIpc) is 3.07. The van der Waals surface area contributed by atoms with Gasteiger partial charge in [-0.2, -0.15) is 0 Å². The maximum absolute atomic E-state index is 11.4. The second kappa shape index (κ2) is 4.51. The second-order valence-electron chi connectivity index (χ2n) is 4.87. The molecule has 1 aliphatic rings. The first-order valence-electron chi connectivity index (χ1n) is 5.61. The average molecular weight is 273 g/mol. The quantitative estimate of drug-likeness (QED) is 0.899. The van der Waals surface area contributed by atoms with Crippen LogP contribution in [-0.4, -0.2) is 11.1 Å². The van der Waals surface area contributed by atoms with Gasteiger partial charge >= 0.3 is 5.97 Å². The van der Waals surface area contributed by atoms with Crippen LogP contribution in [0.5, 0.6) is 0 Å². The van der Waals surface area contributed by atoms with Crippen LogP contribution in [0.1, 0.15) is 25.3 Å². The Labute approximate surface area is 111 Å². The third kappa shape index (κ3) is 2.43. The number of hydrogen-bond donors (Lipinski definition) is 1. The van der Waals surface area contributed by atoms with Crippen molar-refractivity contribution in [3.8, 4) is 0 Å². The highest BCUT2D eigenvalue weighted by Crippen LogP contribution is 2.48. The number of carbonyl (C=O) groups is 1. The number of aliphatic carboxylic acids is 1. The Balaban J connectivity index is 2.33. The molecule has 0 aliphatic heterocycles. The summed E-state index contributed by atoms with van der Waals surface area (Å²) in [5.41, 5.74) is -0.0121. The van der Waals surface area contributed by atoms with E-state index in [1.165, 1.54) is 0 Å². The Morgan fingerprint density at radius 1 is 1.41 bits per heavy atom. The van der Waals surface area contributed by atoms with Gasteiger partial charge in [0.1, 0.15) is 0 Å². The summed E-state index contributed by atoms with van der Waals surface area (Å²) in [5.74, 6) is -0.525. The molecule has 2 rings (SSSR count). The van der Waals surface area contributed by atoms with Gasteiger partial charge in [0.05, 0.1) is 5.41 Å². The van der Waals surface area contributed by atoms with Gasteiger partial charge in [-0.1, -0.05) is 29.3 Å². The van der Waals surface area contributed by atoms with E-state index in [4.69, 9.17) is 23.2 Å². The van der Waals surface area contributed by atoms with Gasteiger partial charge in [-0.3, -0.25) is 4.79 Å². The summed E-state index contributed by atoms with van der Waals surface area (Å²) >= 11 is 12.2. The molecule has 0 radical (unpaired) electrons. The fourth-order valence-corrected chi connectivity index (χ4v) is 2.71. The van der Waals surface area contributed by atoms with Crippen molar-refractivity contribution >= 4 is 29.2 Å². The van der Waals surface area contributed by atoms with Crippen LogP contribution in [0.15, 0.2) is 18.2 Å². The van der Waals surface area contributed by atoms with Crippen molar-refractivity contribution in [1.82, 2.24) is 0 Å². The van der Waals surface area contributed by atoms with E-state index >= 15 is 0 Å². The van der Waals surface area contributed by atoms with Crippen LogP contribution in [0.4, 0.5) is 0 Å². The van der Waals surface area contributed by atoms with E-state index < -0.39 is 11.4 Å². The van der Waals surface area contributed by atoms with E-state index in [-0.39, 0.29) is 5.92 Å². The Morgan fingerprint density at radius 3 is 2.35 bits per heavy atom. The van der Waals surface area contributed by atoms with Crippen LogP contribution in [0, 0.1) is 11.3 Å². The third-order valence-electron chi connectivity index (χ3n) is 3.57. The van der Waals surface area contributed by atoms with Gasteiger partial charge in [0.15, 0.2) is 0 Å². The second-order valence-corrected chi connectivity index (χ2v) is 5.69. The van der Waals surface area contributed by atoms with Crippen LogP contribution in [0.2, 0.25) is 10.0 Å². The fourth-order valence-electron chi connectivity index (χ4n) is 2.18. The van der Waals surface area contributed by atoms with Crippen molar-refractivity contribution in [2.24, 2.45) is 11.3 Å². The predicted octanol–water partition coefficient (Wildman–Crippen LogP) is 4.04. The maximum atomic E-state index is 11.4. The standard InChI is InChI=1S/C13H14Cl2O2/c1-13(12(16)17,8-5-6-8)7-9-10(14)3-2-4-11(9)15/h2-4,8H,5-7H2,1H3,(H,16,17). The van der Waals surface area contributed by atoms with Crippen molar-refractivity contribution in [3.05, 3.63) is 33.8 Å². The van der Waals surface area contributed by atoms with E-state index in [2.05, 4.69) is 0 Å². The smallest absolute Gasteiger partial charge is 0.309 e. The molecule has 0 bridgehead atoms. The molecule has 1 aromatic carbocycles. The summed E-state index contributed by atoms with van der Waals surface area (Å²) in [6.07, 6.45) is 2.35. The lowest BCUT2D eigenvalue weighted by Gasteiger charge is -2.25. The molecule has 1 unspecified atom stereocenters. The van der Waals surface area contributed by atoms with Crippen LogP contribution < -0.4 is 0 Å². The number of carboxylic acid groups (broad SMARTS) is 1. The van der Waals surface area contributed by atoms with Gasteiger partial charge in [-0.05, 0) is 49.8 Å². The molecular weight excluding hydrogens is 259 g/mol. The van der Waals surface area contributed by atoms with E-state index in [0.29, 0.717) is 16.5 Å². The summed E-state index contributed by atoms with van der Waals surface area (Å²) in [4.78, 5) is 11.4. The number of benzene rings is 1. The minimum atomic E-state index is -0.768. The molecule has 0 amide bonds. The van der Waals surface area contributed by atoms with E-state index in [1.807, 2.05) is 0 Å². The molecule has 92 valence electrons. The van der Waals surface area contributed by atoms with Crippen LogP contribution in [0.3, 0.4) is 0 Å². The molecule has 1 N–H and O–H groups in total. The summed E-state index contributed by atoms with van der Waals surface area (Å²) in [6, 6.07) is 5.26. The molecule has 0 aromatic heterocycles. The SMILES string of the molecule is CC(Cc1c(Cl)cccc1Cl)(C(=O)O)C1CC1. The van der Waals surface area contributed by atoms with Gasteiger partial charge in [0.25, 0.3) is 0 Å². The number of halogens is 2. The first-order valence-corrected chi connectivity index (χ1v) is 6.37. The Hall–Kier alpha value is -0.730. The molecule has 0 saturated heterocycles. The number of rotatable bonds is 4. The molecule has 0 spiro atoms. The zero-order chi connectivity index (χ0) is 12.6. The molecule has 1 saturated carbocycles. The number of hydrogen-bond acceptors (Lipinski definition) is 1. The highest BCUT2D eigenvalue weighted by molar-refractivity contribution is 6.36. The zero-order valence-electron chi connectivity index (χ0n) is 9.54. The maximum Gasteiger partial charge on any atom is 0.309 e. The normalized spacial score (nSPS) is 18.8. The van der Waals surface area contributed by atoms with Crippen molar-refractivity contribution < 1.29 is 9.90 Å². The van der Waals surface area contributed by atoms with Crippen molar-refractivity contribution in [1.29, 1.82) is 0 Å². The minimum Gasteiger partial charge on any atom is -0.481 e. The molecule has 17 heavy (non-hydrogen) atoms. The Kier molecular flexibility index (Phi) is 3.37. The summed E-state index contributed by atoms with van der Waals surface area (Å²) in [5, 5.41) is 10.5. The minimum absolute atomic E-state index is 0.243. The fraction of sp³-hybridized carbons (Fsp3) is 0.462. The first kappa shape index (κ1) is 12.7. The highest BCUT2D eigenvalue weighted by Gasteiger charge is 2.47. The van der Waals surface area contributed by atoms with Gasteiger partial charge in [0, 0.05) is 10.0 Å². The van der Waals surface area contributed by atoms with Gasteiger partial charge < -0.3 is 5.11 Å². The van der Waals surface area contributed by atoms with Crippen molar-refractivity contribution in [3.63, 3.8) is 0 Å². The van der Waals surface area contributed by atoms with Crippen LogP contribution >= 0.6 is 23.2 Å². The molecule has 0 heterocycles. The molecule has 1 aliphatic carbocycles. The zero-order valence-corrected chi connectivity index (χ0v) is 11.1. The van der Waals surface area contributed by atoms with E-state index in [9.17, 15) is 9.90 Å². The van der Waals surface area contributed by atoms with E-state index in [0.717, 1.165) is 18.4 Å². The molecular formula is C13H14Cl2O2. The lowest BCUT2D eigenvalue weighted by molar-refractivity contribution is -0.149. The first-order chi connectivity index (χ1) is 7.95. The molecule has 2 nitrogen and oxygen atoms in total. The summed E-state index contributed by atoms with van der Waals surface area (Å²) in [7, 11) is 0. The van der Waals surface area contributed by atoms with Gasteiger partial charge in [-0.15, -0.1) is 0 Å². The van der Waals surface area contributed by atoms with Crippen molar-refractivity contribution in [2.75, 3.05) is 0 Å². The largest absolute Gasteiger partial charge is 0.481 e. The molecule has 1 atom stereocenters.